The average molecular weight is 300 g/mol. The monoisotopic (exact) mass is 300 g/mol. The first-order valence-corrected chi connectivity index (χ1v) is 6.73. The molecule has 8 nitrogen and oxygen atoms in total. The normalized spacial score (nSPS) is 11.7. The molecule has 1 rings (SSSR count). The van der Waals surface area contributed by atoms with Crippen molar-refractivity contribution in [3.05, 3.63) is 16.1 Å². The van der Waals surface area contributed by atoms with E-state index in [9.17, 15) is 14.4 Å². The number of nitrogens with zero attached hydrogens (tertiary/aromatic N) is 1. The third-order valence-corrected chi connectivity index (χ3v) is 3.20. The summed E-state index contributed by atoms with van der Waals surface area (Å²) in [6.07, 6.45) is -0.156. The number of urea groups is 1. The average Bonchev–Trinajstić information content (AvgIpc) is 2.77. The smallest absolute Gasteiger partial charge is 0.326 e. The van der Waals surface area contributed by atoms with E-state index in [2.05, 4.69) is 15.6 Å². The fourth-order valence-electron chi connectivity index (χ4n) is 1.41. The number of rotatable bonds is 7. The number of hydrogen-bond acceptors (Lipinski definition) is 5. The molecule has 0 aliphatic rings. The van der Waals surface area contributed by atoms with Crippen molar-refractivity contribution in [3.63, 3.8) is 0 Å². The molecule has 9 heteroatoms. The number of carbonyl (C=O) groups is 3. The zero-order valence-electron chi connectivity index (χ0n) is 10.9. The third kappa shape index (κ3) is 5.65. The Labute approximate surface area is 119 Å². The summed E-state index contributed by atoms with van der Waals surface area (Å²) in [6, 6.07) is -1.79. The van der Waals surface area contributed by atoms with E-state index in [4.69, 9.17) is 10.8 Å². The predicted molar refractivity (Wildman–Crippen MR) is 72.1 cm³/mol. The Kier molecular flexibility index (Phi) is 5.91. The van der Waals surface area contributed by atoms with E-state index in [0.717, 1.165) is 5.01 Å². The number of primary amides is 1. The number of carboxylic acids is 1. The highest BCUT2D eigenvalue weighted by atomic mass is 32.1. The molecule has 0 unspecified atom stereocenters. The minimum absolute atomic E-state index is 0.0477. The van der Waals surface area contributed by atoms with Gasteiger partial charge in [-0.3, -0.25) is 4.79 Å². The summed E-state index contributed by atoms with van der Waals surface area (Å²) >= 11 is 1.46. The van der Waals surface area contributed by atoms with E-state index in [0.29, 0.717) is 5.69 Å². The van der Waals surface area contributed by atoms with Crippen molar-refractivity contribution in [1.82, 2.24) is 15.6 Å². The van der Waals surface area contributed by atoms with Gasteiger partial charge >= 0.3 is 12.0 Å². The van der Waals surface area contributed by atoms with Crippen molar-refractivity contribution in [2.75, 3.05) is 0 Å². The minimum atomic E-state index is -1.22. The van der Waals surface area contributed by atoms with E-state index in [1.165, 1.54) is 11.3 Å². The van der Waals surface area contributed by atoms with E-state index in [1.807, 2.05) is 6.92 Å². The van der Waals surface area contributed by atoms with Crippen LogP contribution >= 0.6 is 11.3 Å². The van der Waals surface area contributed by atoms with E-state index < -0.39 is 23.9 Å². The van der Waals surface area contributed by atoms with Crippen molar-refractivity contribution < 1.29 is 19.5 Å². The Morgan fingerprint density at radius 1 is 1.50 bits per heavy atom. The van der Waals surface area contributed by atoms with Crippen LogP contribution < -0.4 is 16.4 Å². The van der Waals surface area contributed by atoms with Gasteiger partial charge < -0.3 is 21.5 Å². The van der Waals surface area contributed by atoms with Crippen LogP contribution in [0, 0.1) is 6.92 Å². The van der Waals surface area contributed by atoms with Crippen LogP contribution in [0.5, 0.6) is 0 Å². The lowest BCUT2D eigenvalue weighted by Gasteiger charge is -2.14. The number of aromatic nitrogens is 1. The zero-order valence-corrected chi connectivity index (χ0v) is 11.7. The Morgan fingerprint density at radius 2 is 2.20 bits per heavy atom. The molecule has 1 aromatic rings. The molecule has 0 fully saturated rings. The molecule has 0 aliphatic heterocycles. The maximum atomic E-state index is 11.6. The van der Waals surface area contributed by atoms with Gasteiger partial charge in [-0.2, -0.15) is 0 Å². The first kappa shape index (κ1) is 15.9. The fraction of sp³-hybridized carbons (Fsp3) is 0.455. The Hall–Kier alpha value is -2.16. The second kappa shape index (κ2) is 7.43. The first-order valence-electron chi connectivity index (χ1n) is 5.85. The van der Waals surface area contributed by atoms with Gasteiger partial charge in [0.2, 0.25) is 5.91 Å². The number of hydrogen-bond donors (Lipinski definition) is 4. The summed E-state index contributed by atoms with van der Waals surface area (Å²) < 4.78 is 0. The van der Waals surface area contributed by atoms with Crippen molar-refractivity contribution in [1.29, 1.82) is 0 Å². The van der Waals surface area contributed by atoms with Crippen LogP contribution in [0.2, 0.25) is 0 Å². The molecular formula is C11H16N4O4S. The van der Waals surface area contributed by atoms with Gasteiger partial charge in [-0.1, -0.05) is 0 Å². The molecule has 1 atom stereocenters. The predicted octanol–water partition coefficient (Wildman–Crippen LogP) is -0.0306. The first-order chi connectivity index (χ1) is 9.38. The molecule has 0 spiro atoms. The SMILES string of the molecule is Cc1nc(CNC(=O)N[C@@H](CCC(N)=O)C(=O)O)cs1. The van der Waals surface area contributed by atoms with Gasteiger partial charge in [0.25, 0.3) is 0 Å². The number of aryl methyl sites for hydroxylation is 1. The summed E-state index contributed by atoms with van der Waals surface area (Å²) in [5.41, 5.74) is 5.64. The zero-order chi connectivity index (χ0) is 15.1. The Bertz CT molecular complexity index is 502. The lowest BCUT2D eigenvalue weighted by Crippen LogP contribution is -2.46. The minimum Gasteiger partial charge on any atom is -0.480 e. The highest BCUT2D eigenvalue weighted by molar-refractivity contribution is 7.09. The third-order valence-electron chi connectivity index (χ3n) is 2.38. The quantitative estimate of drug-likeness (QED) is 0.561. The summed E-state index contributed by atoms with van der Waals surface area (Å²) in [5.74, 6) is -1.83. The van der Waals surface area contributed by atoms with Gasteiger partial charge in [0.1, 0.15) is 6.04 Å². The molecule has 3 amide bonds. The second-order valence-electron chi connectivity index (χ2n) is 4.08. The number of carboxylic acid groups (broad SMARTS) is 1. The largest absolute Gasteiger partial charge is 0.480 e. The molecule has 0 radical (unpaired) electrons. The number of aliphatic carboxylic acids is 1. The standard InChI is InChI=1S/C11H16N4O4S/c1-6-14-7(5-20-6)4-13-11(19)15-8(10(17)18)2-3-9(12)16/h5,8H,2-4H2,1H3,(H2,12,16)(H,17,18)(H2,13,15,19)/t8-/m0/s1. The van der Waals surface area contributed by atoms with Crippen molar-refractivity contribution >= 4 is 29.2 Å². The van der Waals surface area contributed by atoms with Crippen LogP contribution in [-0.4, -0.2) is 34.0 Å². The summed E-state index contributed by atoms with van der Waals surface area (Å²) in [4.78, 5) is 37.3. The van der Waals surface area contributed by atoms with E-state index in [-0.39, 0.29) is 19.4 Å². The number of carbonyl (C=O) groups excluding carboxylic acids is 2. The molecule has 0 bridgehead atoms. The number of nitrogens with two attached hydrogens (primary N) is 1. The lowest BCUT2D eigenvalue weighted by atomic mass is 10.1. The van der Waals surface area contributed by atoms with Gasteiger partial charge in [0.15, 0.2) is 0 Å². The molecule has 20 heavy (non-hydrogen) atoms. The lowest BCUT2D eigenvalue weighted by molar-refractivity contribution is -0.139. The highest BCUT2D eigenvalue weighted by Gasteiger charge is 2.20. The Morgan fingerprint density at radius 3 is 2.70 bits per heavy atom. The fourth-order valence-corrected chi connectivity index (χ4v) is 2.03. The maximum absolute atomic E-state index is 11.6. The van der Waals surface area contributed by atoms with Crippen molar-refractivity contribution in [3.8, 4) is 0 Å². The summed E-state index contributed by atoms with van der Waals surface area (Å²) in [5, 5.41) is 16.4. The van der Waals surface area contributed by atoms with Crippen molar-refractivity contribution in [2.24, 2.45) is 5.73 Å². The van der Waals surface area contributed by atoms with Gasteiger partial charge in [-0.05, 0) is 13.3 Å². The molecule has 5 N–H and O–H groups in total. The molecular weight excluding hydrogens is 284 g/mol. The number of nitrogens with one attached hydrogen (secondary N) is 2. The molecule has 1 heterocycles. The van der Waals surface area contributed by atoms with Crippen LogP contribution in [-0.2, 0) is 16.1 Å². The van der Waals surface area contributed by atoms with Gasteiger partial charge in [-0.25, -0.2) is 14.6 Å². The molecule has 0 saturated carbocycles. The summed E-state index contributed by atoms with van der Waals surface area (Å²) in [6.45, 7) is 2.05. The highest BCUT2D eigenvalue weighted by Crippen LogP contribution is 2.07. The molecule has 110 valence electrons. The number of amides is 3. The molecule has 0 aromatic carbocycles. The van der Waals surface area contributed by atoms with Crippen LogP contribution in [0.15, 0.2) is 5.38 Å². The second-order valence-corrected chi connectivity index (χ2v) is 5.14. The molecule has 0 aliphatic carbocycles. The van der Waals surface area contributed by atoms with Crippen LogP contribution in [0.4, 0.5) is 4.79 Å². The summed E-state index contributed by atoms with van der Waals surface area (Å²) in [7, 11) is 0. The van der Waals surface area contributed by atoms with Crippen LogP contribution in [0.3, 0.4) is 0 Å². The van der Waals surface area contributed by atoms with Crippen LogP contribution in [0.1, 0.15) is 23.5 Å². The van der Waals surface area contributed by atoms with E-state index in [1.54, 1.807) is 5.38 Å². The Balaban J connectivity index is 2.41. The van der Waals surface area contributed by atoms with E-state index >= 15 is 0 Å². The van der Waals surface area contributed by atoms with Gasteiger partial charge in [0, 0.05) is 11.8 Å². The van der Waals surface area contributed by atoms with Gasteiger partial charge in [0.05, 0.1) is 17.2 Å². The topological polar surface area (TPSA) is 134 Å². The number of thiazole rings is 1. The maximum Gasteiger partial charge on any atom is 0.326 e. The molecule has 0 saturated heterocycles. The van der Waals surface area contributed by atoms with Crippen LogP contribution in [0.25, 0.3) is 0 Å². The molecule has 1 aromatic heterocycles. The van der Waals surface area contributed by atoms with Crippen molar-refractivity contribution in [2.45, 2.75) is 32.4 Å². The van der Waals surface area contributed by atoms with Gasteiger partial charge in [-0.15, -0.1) is 11.3 Å².